The molecule has 176 valence electrons. The largest absolute Gasteiger partial charge is 0.495 e. The van der Waals surface area contributed by atoms with Crippen LogP contribution in [0.15, 0.2) is 35.2 Å². The highest BCUT2D eigenvalue weighted by atomic mass is 32.2. The van der Waals surface area contributed by atoms with Crippen molar-refractivity contribution in [2.24, 2.45) is 0 Å². The number of sulfonamides is 1. The molecule has 33 heavy (non-hydrogen) atoms. The number of amides is 2. The van der Waals surface area contributed by atoms with E-state index in [-0.39, 0.29) is 23.1 Å². The molecule has 0 aliphatic carbocycles. The molecule has 2 N–H and O–H groups in total. The van der Waals surface area contributed by atoms with Crippen molar-refractivity contribution >= 4 is 33.2 Å². The van der Waals surface area contributed by atoms with Crippen LogP contribution >= 0.6 is 0 Å². The van der Waals surface area contributed by atoms with Gasteiger partial charge in [-0.15, -0.1) is 0 Å². The molecule has 2 amide bonds. The third kappa shape index (κ3) is 4.28. The monoisotopic (exact) mass is 473 g/mol. The van der Waals surface area contributed by atoms with Crippen molar-refractivity contribution in [3.05, 3.63) is 41.5 Å². The predicted octanol–water partition coefficient (Wildman–Crippen LogP) is 2.82. The second-order valence-corrected chi connectivity index (χ2v) is 10.2. The summed E-state index contributed by atoms with van der Waals surface area (Å²) in [6.07, 6.45) is 0.244. The van der Waals surface area contributed by atoms with Gasteiger partial charge in [0.2, 0.25) is 15.9 Å². The SMILES string of the molecule is COc1ccc(C)cc1NC(=O)[C@@H]1CCCN1S(=O)(=O)c1cc2c(cc1C)NC(=O)[C@@H](C)O2. The fraction of sp³-hybridized carbons (Fsp3) is 0.391. The number of ether oxygens (including phenoxy) is 2. The minimum absolute atomic E-state index is 0.0532. The second kappa shape index (κ2) is 8.68. The van der Waals surface area contributed by atoms with E-state index in [4.69, 9.17) is 9.47 Å². The quantitative estimate of drug-likeness (QED) is 0.690. The molecule has 10 heteroatoms. The fourth-order valence-electron chi connectivity index (χ4n) is 4.17. The Morgan fingerprint density at radius 2 is 2.00 bits per heavy atom. The number of nitrogens with one attached hydrogen (secondary N) is 2. The number of hydrogen-bond acceptors (Lipinski definition) is 6. The van der Waals surface area contributed by atoms with Crippen molar-refractivity contribution in [3.63, 3.8) is 0 Å². The molecular formula is C23H27N3O6S. The van der Waals surface area contributed by atoms with Gasteiger partial charge in [-0.1, -0.05) is 6.07 Å². The zero-order chi connectivity index (χ0) is 23.9. The fourth-order valence-corrected chi connectivity index (χ4v) is 6.05. The first-order valence-electron chi connectivity index (χ1n) is 10.7. The molecule has 0 bridgehead atoms. The molecule has 4 rings (SSSR count). The molecule has 1 fully saturated rings. The lowest BCUT2D eigenvalue weighted by Gasteiger charge is -2.27. The number of aryl methyl sites for hydroxylation is 2. The van der Waals surface area contributed by atoms with E-state index in [1.807, 2.05) is 13.0 Å². The van der Waals surface area contributed by atoms with Gasteiger partial charge >= 0.3 is 0 Å². The number of anilines is 2. The zero-order valence-electron chi connectivity index (χ0n) is 19.0. The third-order valence-electron chi connectivity index (χ3n) is 5.91. The number of fused-ring (bicyclic) bond motifs is 1. The average molecular weight is 474 g/mol. The molecule has 2 aliphatic rings. The van der Waals surface area contributed by atoms with Gasteiger partial charge in [0.05, 0.1) is 23.4 Å². The van der Waals surface area contributed by atoms with Crippen LogP contribution in [0.2, 0.25) is 0 Å². The summed E-state index contributed by atoms with van der Waals surface area (Å²) < 4.78 is 39.4. The number of benzene rings is 2. The summed E-state index contributed by atoms with van der Waals surface area (Å²) in [5.74, 6) is 0.0873. The Morgan fingerprint density at radius 1 is 1.24 bits per heavy atom. The Labute approximate surface area is 193 Å². The Morgan fingerprint density at radius 3 is 2.73 bits per heavy atom. The van der Waals surface area contributed by atoms with Crippen LogP contribution in [-0.2, 0) is 19.6 Å². The molecule has 1 saturated heterocycles. The summed E-state index contributed by atoms with van der Waals surface area (Å²) in [6, 6.07) is 7.55. The lowest BCUT2D eigenvalue weighted by molar-refractivity contribution is -0.122. The molecule has 9 nitrogen and oxygen atoms in total. The van der Waals surface area contributed by atoms with Gasteiger partial charge < -0.3 is 20.1 Å². The van der Waals surface area contributed by atoms with E-state index in [9.17, 15) is 18.0 Å². The van der Waals surface area contributed by atoms with Gasteiger partial charge in [-0.3, -0.25) is 9.59 Å². The summed E-state index contributed by atoms with van der Waals surface area (Å²) in [4.78, 5) is 25.1. The highest BCUT2D eigenvalue weighted by molar-refractivity contribution is 7.89. The maximum absolute atomic E-state index is 13.6. The molecule has 0 unspecified atom stereocenters. The summed E-state index contributed by atoms with van der Waals surface area (Å²) in [5.41, 5.74) is 2.32. The van der Waals surface area contributed by atoms with E-state index in [1.165, 1.54) is 17.5 Å². The summed E-state index contributed by atoms with van der Waals surface area (Å²) in [7, 11) is -2.48. The molecule has 2 heterocycles. The minimum Gasteiger partial charge on any atom is -0.495 e. The average Bonchev–Trinajstić information content (AvgIpc) is 3.26. The molecule has 2 aromatic carbocycles. The Balaban J connectivity index is 1.63. The smallest absolute Gasteiger partial charge is 0.265 e. The van der Waals surface area contributed by atoms with Gasteiger partial charge in [-0.2, -0.15) is 4.31 Å². The highest BCUT2D eigenvalue weighted by Crippen LogP contribution is 2.37. The first-order chi connectivity index (χ1) is 15.6. The lowest BCUT2D eigenvalue weighted by atomic mass is 10.1. The Bertz CT molecular complexity index is 1230. The zero-order valence-corrected chi connectivity index (χ0v) is 19.8. The van der Waals surface area contributed by atoms with Gasteiger partial charge in [-0.25, -0.2) is 8.42 Å². The van der Waals surface area contributed by atoms with Crippen LogP contribution in [-0.4, -0.2) is 50.3 Å². The number of hydrogen-bond donors (Lipinski definition) is 2. The summed E-state index contributed by atoms with van der Waals surface area (Å²) in [5, 5.41) is 5.55. The van der Waals surface area contributed by atoms with Gasteiger partial charge in [0.25, 0.3) is 5.91 Å². The molecule has 2 aliphatic heterocycles. The van der Waals surface area contributed by atoms with Gasteiger partial charge in [-0.05, 0) is 62.9 Å². The van der Waals surface area contributed by atoms with Crippen molar-refractivity contribution in [1.29, 1.82) is 0 Å². The van der Waals surface area contributed by atoms with Crippen molar-refractivity contribution in [3.8, 4) is 11.5 Å². The predicted molar refractivity (Wildman–Crippen MR) is 123 cm³/mol. The first-order valence-corrected chi connectivity index (χ1v) is 12.2. The van der Waals surface area contributed by atoms with E-state index in [2.05, 4.69) is 10.6 Å². The lowest BCUT2D eigenvalue weighted by Crippen LogP contribution is -2.43. The minimum atomic E-state index is -4.00. The topological polar surface area (TPSA) is 114 Å². The highest BCUT2D eigenvalue weighted by Gasteiger charge is 2.41. The number of carbonyl (C=O) groups is 2. The van der Waals surface area contributed by atoms with Crippen molar-refractivity contribution in [1.82, 2.24) is 4.31 Å². The number of carbonyl (C=O) groups excluding carboxylic acids is 2. The molecule has 2 aromatic rings. The van der Waals surface area contributed by atoms with E-state index >= 15 is 0 Å². The van der Waals surface area contributed by atoms with Crippen LogP contribution in [0.5, 0.6) is 11.5 Å². The molecule has 0 aromatic heterocycles. The Hall–Kier alpha value is -3.11. The maximum atomic E-state index is 13.6. The first kappa shape index (κ1) is 23.1. The molecule has 0 spiro atoms. The van der Waals surface area contributed by atoms with E-state index < -0.39 is 28.1 Å². The van der Waals surface area contributed by atoms with Crippen molar-refractivity contribution in [2.75, 3.05) is 24.3 Å². The van der Waals surface area contributed by atoms with E-state index in [0.717, 1.165) is 5.56 Å². The summed E-state index contributed by atoms with van der Waals surface area (Å²) in [6.45, 7) is 5.37. The molecule has 0 saturated carbocycles. The molecule has 2 atom stereocenters. The van der Waals surface area contributed by atoms with E-state index in [1.54, 1.807) is 32.0 Å². The number of nitrogens with zero attached hydrogens (tertiary/aromatic N) is 1. The van der Waals surface area contributed by atoms with Crippen LogP contribution in [0, 0.1) is 13.8 Å². The van der Waals surface area contributed by atoms with Crippen molar-refractivity contribution in [2.45, 2.75) is 50.7 Å². The number of methoxy groups -OCH3 is 1. The third-order valence-corrected chi connectivity index (χ3v) is 7.96. The van der Waals surface area contributed by atoms with Crippen LogP contribution in [0.1, 0.15) is 30.9 Å². The van der Waals surface area contributed by atoms with Crippen LogP contribution in [0.3, 0.4) is 0 Å². The second-order valence-electron chi connectivity index (χ2n) is 8.33. The maximum Gasteiger partial charge on any atom is 0.265 e. The number of rotatable bonds is 5. The van der Waals surface area contributed by atoms with Crippen molar-refractivity contribution < 1.29 is 27.5 Å². The standard InChI is InChI=1S/C23H27N3O6S/c1-13-7-8-19(31-4)16(10-13)25-23(28)18-6-5-9-26(18)33(29,30)21-12-20-17(11-14(21)2)24-22(27)15(3)32-20/h7-8,10-12,15,18H,5-6,9H2,1-4H3,(H,24,27)(H,25,28)/t15-,18+/m1/s1. The van der Waals surface area contributed by atoms with E-state index in [0.29, 0.717) is 35.5 Å². The van der Waals surface area contributed by atoms with Crippen LogP contribution < -0.4 is 20.1 Å². The Kier molecular flexibility index (Phi) is 6.06. The van der Waals surface area contributed by atoms with Gasteiger partial charge in [0.1, 0.15) is 17.5 Å². The van der Waals surface area contributed by atoms with Gasteiger partial charge in [0, 0.05) is 12.6 Å². The van der Waals surface area contributed by atoms with Crippen LogP contribution in [0.25, 0.3) is 0 Å². The van der Waals surface area contributed by atoms with Crippen LogP contribution in [0.4, 0.5) is 11.4 Å². The normalized spacial score (nSPS) is 20.5. The van der Waals surface area contributed by atoms with Gasteiger partial charge in [0.15, 0.2) is 6.10 Å². The molecule has 0 radical (unpaired) electrons. The summed E-state index contributed by atoms with van der Waals surface area (Å²) >= 11 is 0. The molecular weight excluding hydrogens is 446 g/mol.